The maximum absolute atomic E-state index is 13.1. The first-order valence-electron chi connectivity index (χ1n) is 11.5. The number of carbonyl (C=O) groups is 2. The minimum absolute atomic E-state index is 0.0114. The topological polar surface area (TPSA) is 98.6 Å². The summed E-state index contributed by atoms with van der Waals surface area (Å²) in [6, 6.07) is 13.2. The molecule has 3 heterocycles. The molecule has 2 fully saturated rings. The minimum atomic E-state index is -1.35. The second kappa shape index (κ2) is 8.52. The number of hydrogen-bond donors (Lipinski definition) is 4. The lowest BCUT2D eigenvalue weighted by molar-refractivity contribution is -0.124. The number of piperazine rings is 1. The fourth-order valence-electron chi connectivity index (χ4n) is 4.99. The highest BCUT2D eigenvalue weighted by Crippen LogP contribution is 2.35. The summed E-state index contributed by atoms with van der Waals surface area (Å²) in [4.78, 5) is 27.7. The van der Waals surface area contributed by atoms with Crippen LogP contribution < -0.4 is 20.9 Å². The second-order valence-electron chi connectivity index (χ2n) is 9.19. The summed E-state index contributed by atoms with van der Waals surface area (Å²) >= 11 is 6.09. The highest BCUT2D eigenvalue weighted by atomic mass is 35.5. The fourth-order valence-corrected chi connectivity index (χ4v) is 5.16. The van der Waals surface area contributed by atoms with Crippen molar-refractivity contribution in [3.05, 3.63) is 59.2 Å². The molecular formula is C25H28ClN5O3. The molecule has 2 aliphatic heterocycles. The van der Waals surface area contributed by atoms with E-state index in [9.17, 15) is 14.7 Å². The van der Waals surface area contributed by atoms with Crippen LogP contribution in [0.3, 0.4) is 0 Å². The number of nitrogens with zero attached hydrogens (tertiary/aromatic N) is 2. The van der Waals surface area contributed by atoms with E-state index in [-0.39, 0.29) is 12.4 Å². The van der Waals surface area contributed by atoms with E-state index in [1.807, 2.05) is 24.3 Å². The fraction of sp³-hybridized carbons (Fsp3) is 0.360. The van der Waals surface area contributed by atoms with Crippen LogP contribution in [0.15, 0.2) is 48.7 Å². The summed E-state index contributed by atoms with van der Waals surface area (Å²) in [7, 11) is 0. The van der Waals surface area contributed by atoms with E-state index in [1.165, 1.54) is 0 Å². The molecule has 0 unspecified atom stereocenters. The number of anilines is 1. The number of urea groups is 1. The Labute approximate surface area is 202 Å². The van der Waals surface area contributed by atoms with Crippen LogP contribution in [0.5, 0.6) is 5.88 Å². The average molecular weight is 482 g/mol. The number of imide groups is 1. The summed E-state index contributed by atoms with van der Waals surface area (Å²) in [6.45, 7) is 6.21. The standard InChI is InChI=1S/C25H28ClN5O3/c1-3-19-13-31(15(2)11-27-19)20-8-5-17(6-9-20)25(23(33)28-24(34)29-25)14-30-12-16-4-7-18(26)10-21(16)22(30)32/h4-10,12,15,19,27,32H,3,11,13-14H2,1-2H3,(H2,28,29,33,34)/t15-,19+,25+/m1/s1. The van der Waals surface area contributed by atoms with Crippen LogP contribution in [0, 0.1) is 0 Å². The molecule has 178 valence electrons. The number of halogens is 1. The number of carbonyl (C=O) groups excluding carboxylic acids is 2. The van der Waals surface area contributed by atoms with Crippen molar-refractivity contribution in [2.45, 2.75) is 44.4 Å². The van der Waals surface area contributed by atoms with Crippen molar-refractivity contribution in [2.24, 2.45) is 0 Å². The first-order chi connectivity index (χ1) is 16.3. The molecule has 8 nitrogen and oxygen atoms in total. The van der Waals surface area contributed by atoms with Crippen LogP contribution >= 0.6 is 11.6 Å². The van der Waals surface area contributed by atoms with Gasteiger partial charge in [0.15, 0.2) is 11.4 Å². The molecule has 0 radical (unpaired) electrons. The molecule has 3 aromatic rings. The third-order valence-corrected chi connectivity index (χ3v) is 7.24. The van der Waals surface area contributed by atoms with Crippen molar-refractivity contribution >= 4 is 40.0 Å². The molecule has 0 saturated carbocycles. The molecular weight excluding hydrogens is 454 g/mol. The lowest BCUT2D eigenvalue weighted by atomic mass is 9.89. The lowest BCUT2D eigenvalue weighted by Gasteiger charge is -2.40. The maximum Gasteiger partial charge on any atom is 0.322 e. The van der Waals surface area contributed by atoms with Gasteiger partial charge < -0.3 is 25.2 Å². The zero-order valence-electron chi connectivity index (χ0n) is 19.1. The molecule has 3 atom stereocenters. The van der Waals surface area contributed by atoms with Crippen molar-refractivity contribution in [3.63, 3.8) is 0 Å². The lowest BCUT2D eigenvalue weighted by Crippen LogP contribution is -2.55. The zero-order chi connectivity index (χ0) is 24.0. The largest absolute Gasteiger partial charge is 0.494 e. The second-order valence-corrected chi connectivity index (χ2v) is 9.62. The number of fused-ring (bicyclic) bond motifs is 1. The normalized spacial score (nSPS) is 25.0. The predicted octanol–water partition coefficient (Wildman–Crippen LogP) is 3.31. The van der Waals surface area contributed by atoms with Gasteiger partial charge in [0, 0.05) is 52.9 Å². The van der Waals surface area contributed by atoms with E-state index in [0.717, 1.165) is 30.6 Å². The van der Waals surface area contributed by atoms with E-state index in [0.29, 0.717) is 28.1 Å². The number of rotatable bonds is 5. The number of aromatic hydroxyl groups is 1. The molecule has 5 rings (SSSR count). The Morgan fingerprint density at radius 2 is 1.94 bits per heavy atom. The third kappa shape index (κ3) is 3.76. The zero-order valence-corrected chi connectivity index (χ0v) is 19.9. The van der Waals surface area contributed by atoms with Gasteiger partial charge in [0.2, 0.25) is 0 Å². The van der Waals surface area contributed by atoms with Crippen LogP contribution in [-0.4, -0.2) is 46.8 Å². The van der Waals surface area contributed by atoms with Crippen molar-refractivity contribution in [1.29, 1.82) is 0 Å². The predicted molar refractivity (Wildman–Crippen MR) is 132 cm³/mol. The molecule has 3 amide bonds. The molecule has 34 heavy (non-hydrogen) atoms. The molecule has 0 aliphatic carbocycles. The van der Waals surface area contributed by atoms with Gasteiger partial charge in [-0.25, -0.2) is 4.79 Å². The first-order valence-corrected chi connectivity index (χ1v) is 11.9. The molecule has 0 spiro atoms. The van der Waals surface area contributed by atoms with Gasteiger partial charge in [-0.3, -0.25) is 10.1 Å². The summed E-state index contributed by atoms with van der Waals surface area (Å²) in [5, 5.41) is 21.4. The molecule has 0 bridgehead atoms. The molecule has 4 N–H and O–H groups in total. The minimum Gasteiger partial charge on any atom is -0.494 e. The Kier molecular flexibility index (Phi) is 5.65. The van der Waals surface area contributed by atoms with Gasteiger partial charge in [0.25, 0.3) is 5.91 Å². The molecule has 2 aromatic carbocycles. The maximum atomic E-state index is 13.1. The van der Waals surface area contributed by atoms with Gasteiger partial charge in [-0.1, -0.05) is 36.7 Å². The Morgan fingerprint density at radius 3 is 2.62 bits per heavy atom. The number of hydrogen-bond acceptors (Lipinski definition) is 5. The summed E-state index contributed by atoms with van der Waals surface area (Å²) in [6.07, 6.45) is 2.80. The third-order valence-electron chi connectivity index (χ3n) is 7.01. The van der Waals surface area contributed by atoms with E-state index in [4.69, 9.17) is 11.6 Å². The summed E-state index contributed by atoms with van der Waals surface area (Å²) < 4.78 is 1.57. The van der Waals surface area contributed by atoms with Crippen LogP contribution in [0.2, 0.25) is 5.02 Å². The van der Waals surface area contributed by atoms with Crippen molar-refractivity contribution < 1.29 is 14.7 Å². The van der Waals surface area contributed by atoms with E-state index in [1.54, 1.807) is 29.0 Å². The van der Waals surface area contributed by atoms with Gasteiger partial charge >= 0.3 is 6.03 Å². The number of amides is 3. The Bertz CT molecular complexity index is 1260. The van der Waals surface area contributed by atoms with Gasteiger partial charge in [-0.15, -0.1) is 0 Å². The Morgan fingerprint density at radius 1 is 1.18 bits per heavy atom. The van der Waals surface area contributed by atoms with Crippen LogP contribution in [0.4, 0.5) is 10.5 Å². The summed E-state index contributed by atoms with van der Waals surface area (Å²) in [5.41, 5.74) is 0.359. The molecule has 9 heteroatoms. The smallest absolute Gasteiger partial charge is 0.322 e. The van der Waals surface area contributed by atoms with E-state index in [2.05, 4.69) is 34.7 Å². The van der Waals surface area contributed by atoms with Gasteiger partial charge in [0.1, 0.15) is 0 Å². The number of aromatic nitrogens is 1. The van der Waals surface area contributed by atoms with Crippen molar-refractivity contribution in [2.75, 3.05) is 18.0 Å². The monoisotopic (exact) mass is 481 g/mol. The Hall–Kier alpha value is -3.23. The van der Waals surface area contributed by atoms with Crippen LogP contribution in [-0.2, 0) is 16.9 Å². The van der Waals surface area contributed by atoms with Crippen molar-refractivity contribution in [1.82, 2.24) is 20.5 Å². The van der Waals surface area contributed by atoms with Gasteiger partial charge in [-0.05, 0) is 43.2 Å². The number of benzene rings is 2. The van der Waals surface area contributed by atoms with Gasteiger partial charge in [-0.2, -0.15) is 0 Å². The number of nitrogens with one attached hydrogen (secondary N) is 3. The highest BCUT2D eigenvalue weighted by Gasteiger charge is 2.48. The average Bonchev–Trinajstić information content (AvgIpc) is 3.29. The molecule has 2 saturated heterocycles. The van der Waals surface area contributed by atoms with Crippen LogP contribution in [0.1, 0.15) is 25.8 Å². The van der Waals surface area contributed by atoms with E-state index < -0.39 is 17.5 Å². The van der Waals surface area contributed by atoms with E-state index >= 15 is 0 Å². The first kappa shape index (κ1) is 22.6. The quantitative estimate of drug-likeness (QED) is 0.419. The van der Waals surface area contributed by atoms with Gasteiger partial charge in [0.05, 0.1) is 6.54 Å². The molecule has 1 aromatic heterocycles. The van der Waals surface area contributed by atoms with Crippen molar-refractivity contribution in [3.8, 4) is 5.88 Å². The summed E-state index contributed by atoms with van der Waals surface area (Å²) in [5.74, 6) is -0.468. The van der Waals surface area contributed by atoms with Crippen LogP contribution in [0.25, 0.3) is 10.8 Å². The SMILES string of the molecule is CC[C@H]1CN(c2ccc([C@]3(Cn4cc5ccc(Cl)cc5c4O)NC(=O)NC3=O)cc2)[C@H](C)CN1. The Balaban J connectivity index is 1.50. The molecule has 2 aliphatic rings. The highest BCUT2D eigenvalue weighted by molar-refractivity contribution is 6.31.